The highest BCUT2D eigenvalue weighted by Crippen LogP contribution is 2.25. The summed E-state index contributed by atoms with van der Waals surface area (Å²) < 4.78 is 0. The van der Waals surface area contributed by atoms with E-state index >= 15 is 0 Å². The lowest BCUT2D eigenvalue weighted by atomic mass is 9.95. The van der Waals surface area contributed by atoms with Crippen molar-refractivity contribution in [1.29, 1.82) is 5.41 Å². The van der Waals surface area contributed by atoms with Crippen LogP contribution in [0, 0.1) is 5.41 Å². The monoisotopic (exact) mass is 228 g/mol. The van der Waals surface area contributed by atoms with Gasteiger partial charge in [0, 0.05) is 17.7 Å². The quantitative estimate of drug-likeness (QED) is 0.775. The number of rotatable bonds is 1. The minimum atomic E-state index is 0.354. The Morgan fingerprint density at radius 2 is 2.06 bits per heavy atom. The van der Waals surface area contributed by atoms with E-state index in [1.165, 1.54) is 6.33 Å². The summed E-state index contributed by atoms with van der Waals surface area (Å²) in [5.74, 6) is 0.870. The Kier molecular flexibility index (Phi) is 3.65. The molecule has 4 heteroatoms. The highest BCUT2D eigenvalue weighted by atomic mass is 14.9. The summed E-state index contributed by atoms with van der Waals surface area (Å²) >= 11 is 0. The molecule has 0 aromatic carbocycles. The van der Waals surface area contributed by atoms with Crippen LogP contribution in [0.5, 0.6) is 0 Å². The van der Waals surface area contributed by atoms with Crippen molar-refractivity contribution in [3.63, 3.8) is 0 Å². The van der Waals surface area contributed by atoms with Crippen LogP contribution in [0.1, 0.15) is 30.9 Å². The molecule has 3 N–H and O–H groups in total. The van der Waals surface area contributed by atoms with Crippen molar-refractivity contribution in [3.8, 4) is 0 Å². The van der Waals surface area contributed by atoms with E-state index in [2.05, 4.69) is 9.97 Å². The van der Waals surface area contributed by atoms with Crippen molar-refractivity contribution in [2.75, 3.05) is 5.73 Å². The molecule has 0 amide bonds. The van der Waals surface area contributed by atoms with E-state index in [1.807, 2.05) is 30.4 Å². The van der Waals surface area contributed by atoms with Crippen LogP contribution in [0.2, 0.25) is 0 Å². The summed E-state index contributed by atoms with van der Waals surface area (Å²) in [7, 11) is 0. The van der Waals surface area contributed by atoms with Crippen molar-refractivity contribution in [2.45, 2.75) is 25.2 Å². The van der Waals surface area contributed by atoms with Crippen molar-refractivity contribution in [1.82, 2.24) is 9.97 Å². The van der Waals surface area contributed by atoms with Crippen LogP contribution in [0.15, 0.2) is 36.7 Å². The maximum atomic E-state index is 7.61. The maximum Gasteiger partial charge on any atom is 0.127 e. The first-order chi connectivity index (χ1) is 8.25. The molecule has 0 saturated heterocycles. The van der Waals surface area contributed by atoms with E-state index in [-0.39, 0.29) is 0 Å². The molecule has 0 saturated carbocycles. The van der Waals surface area contributed by atoms with Crippen LogP contribution < -0.4 is 5.73 Å². The first-order valence-corrected chi connectivity index (χ1v) is 5.75. The van der Waals surface area contributed by atoms with E-state index in [0.29, 0.717) is 17.4 Å². The summed E-state index contributed by atoms with van der Waals surface area (Å²) in [6.45, 7) is 0. The molecule has 0 bridgehead atoms. The third-order valence-electron chi connectivity index (χ3n) is 2.82. The second kappa shape index (κ2) is 5.39. The van der Waals surface area contributed by atoms with Gasteiger partial charge in [-0.05, 0) is 31.4 Å². The van der Waals surface area contributed by atoms with E-state index in [1.54, 1.807) is 0 Å². The predicted octanol–water partition coefficient (Wildman–Crippen LogP) is 2.46. The third-order valence-corrected chi connectivity index (χ3v) is 2.82. The Morgan fingerprint density at radius 1 is 1.24 bits per heavy atom. The summed E-state index contributed by atoms with van der Waals surface area (Å²) in [6.07, 6.45) is 12.1. The largest absolute Gasteiger partial charge is 0.384 e. The summed E-state index contributed by atoms with van der Waals surface area (Å²) in [6, 6.07) is 1.84. The van der Waals surface area contributed by atoms with Crippen LogP contribution in [0.4, 0.5) is 5.82 Å². The molecule has 1 aromatic heterocycles. The van der Waals surface area contributed by atoms with Gasteiger partial charge in [0.25, 0.3) is 0 Å². The summed E-state index contributed by atoms with van der Waals surface area (Å²) in [4.78, 5) is 8.19. The fraction of sp³-hybridized carbons (Fsp3) is 0.308. The Morgan fingerprint density at radius 3 is 2.88 bits per heavy atom. The second-order valence-corrected chi connectivity index (χ2v) is 4.14. The molecule has 88 valence electrons. The van der Waals surface area contributed by atoms with Crippen LogP contribution in [0.25, 0.3) is 0 Å². The average molecular weight is 228 g/mol. The number of anilines is 1. The molecule has 17 heavy (non-hydrogen) atoms. The fourth-order valence-corrected chi connectivity index (χ4v) is 1.92. The van der Waals surface area contributed by atoms with Crippen molar-refractivity contribution < 1.29 is 0 Å². The van der Waals surface area contributed by atoms with E-state index in [9.17, 15) is 0 Å². The van der Waals surface area contributed by atoms with E-state index in [0.717, 1.165) is 25.0 Å². The van der Waals surface area contributed by atoms with Crippen molar-refractivity contribution in [3.05, 3.63) is 42.4 Å². The number of nitrogen functional groups attached to an aromatic ring is 1. The molecule has 2 rings (SSSR count). The molecule has 1 atom stereocenters. The lowest BCUT2D eigenvalue weighted by molar-refractivity contribution is 0.622. The SMILES string of the molecule is N=C1C=CCCC(c2cc(N)ncn2)CC=C1. The van der Waals surface area contributed by atoms with Crippen molar-refractivity contribution in [2.24, 2.45) is 0 Å². The van der Waals surface area contributed by atoms with E-state index in [4.69, 9.17) is 11.1 Å². The fourth-order valence-electron chi connectivity index (χ4n) is 1.92. The lowest BCUT2D eigenvalue weighted by Crippen LogP contribution is -2.03. The predicted molar refractivity (Wildman–Crippen MR) is 69.0 cm³/mol. The molecule has 1 heterocycles. The van der Waals surface area contributed by atoms with Crippen LogP contribution in [0.3, 0.4) is 0 Å². The van der Waals surface area contributed by atoms with Gasteiger partial charge in [0.05, 0.1) is 5.71 Å². The minimum absolute atomic E-state index is 0.354. The van der Waals surface area contributed by atoms with Gasteiger partial charge in [-0.1, -0.05) is 12.2 Å². The standard InChI is InChI=1S/C13H16N4/c14-11-6-2-1-4-10(5-3-7-11)12-8-13(15)17-9-16-12/h2-3,6-10,14H,1,4-5H2,(H2,15,16,17). The number of hydrogen-bond donors (Lipinski definition) is 2. The summed E-state index contributed by atoms with van der Waals surface area (Å²) in [5.41, 5.74) is 7.21. The first kappa shape index (κ1) is 11.5. The maximum absolute atomic E-state index is 7.61. The Labute approximate surface area is 101 Å². The Bertz CT molecular complexity index is 462. The highest BCUT2D eigenvalue weighted by Gasteiger charge is 2.12. The smallest absolute Gasteiger partial charge is 0.127 e. The Balaban J connectivity index is 2.17. The van der Waals surface area contributed by atoms with Crippen molar-refractivity contribution >= 4 is 11.5 Å². The van der Waals surface area contributed by atoms with Gasteiger partial charge in [-0.3, -0.25) is 0 Å². The molecule has 1 aliphatic rings. The number of hydrogen-bond acceptors (Lipinski definition) is 4. The van der Waals surface area contributed by atoms with Gasteiger partial charge in [-0.15, -0.1) is 0 Å². The molecular formula is C13H16N4. The Hall–Kier alpha value is -1.97. The number of aromatic nitrogens is 2. The van der Waals surface area contributed by atoms with Gasteiger partial charge in [0.1, 0.15) is 12.1 Å². The zero-order chi connectivity index (χ0) is 12.1. The number of nitrogens with two attached hydrogens (primary N) is 1. The minimum Gasteiger partial charge on any atom is -0.384 e. The van der Waals surface area contributed by atoms with Gasteiger partial charge < -0.3 is 11.1 Å². The molecule has 1 aliphatic carbocycles. The van der Waals surface area contributed by atoms with Gasteiger partial charge in [0.15, 0.2) is 0 Å². The molecule has 0 spiro atoms. The van der Waals surface area contributed by atoms with Gasteiger partial charge in [0.2, 0.25) is 0 Å². The number of nitrogens with zero attached hydrogens (tertiary/aromatic N) is 2. The van der Waals surface area contributed by atoms with Gasteiger partial charge in [-0.25, -0.2) is 9.97 Å². The van der Waals surface area contributed by atoms with Crippen LogP contribution in [-0.2, 0) is 0 Å². The summed E-state index contributed by atoms with van der Waals surface area (Å²) in [5, 5.41) is 7.61. The number of nitrogens with one attached hydrogen (secondary N) is 1. The highest BCUT2D eigenvalue weighted by molar-refractivity contribution is 6.01. The average Bonchev–Trinajstić information content (AvgIpc) is 2.41. The zero-order valence-corrected chi connectivity index (χ0v) is 9.63. The first-order valence-electron chi connectivity index (χ1n) is 5.75. The molecule has 0 radical (unpaired) electrons. The van der Waals surface area contributed by atoms with Crippen LogP contribution in [-0.4, -0.2) is 15.7 Å². The van der Waals surface area contributed by atoms with Gasteiger partial charge >= 0.3 is 0 Å². The molecule has 1 unspecified atom stereocenters. The van der Waals surface area contributed by atoms with Crippen LogP contribution >= 0.6 is 0 Å². The second-order valence-electron chi connectivity index (χ2n) is 4.14. The molecular weight excluding hydrogens is 212 g/mol. The normalized spacial score (nSPS) is 20.7. The lowest BCUT2D eigenvalue weighted by Gasteiger charge is -2.13. The molecule has 0 aliphatic heterocycles. The molecule has 1 aromatic rings. The van der Waals surface area contributed by atoms with Gasteiger partial charge in [-0.2, -0.15) is 0 Å². The molecule has 4 nitrogen and oxygen atoms in total. The topological polar surface area (TPSA) is 75.7 Å². The zero-order valence-electron chi connectivity index (χ0n) is 9.63. The van der Waals surface area contributed by atoms with E-state index < -0.39 is 0 Å². The third kappa shape index (κ3) is 3.24. The molecule has 0 fully saturated rings. The number of allylic oxidation sites excluding steroid dienone is 4.